The van der Waals surface area contributed by atoms with E-state index in [1.165, 1.54) is 11.1 Å². The molecule has 2 rings (SSSR count). The van der Waals surface area contributed by atoms with Crippen LogP contribution in [0.4, 0.5) is 0 Å². The maximum atomic E-state index is 12.0. The summed E-state index contributed by atoms with van der Waals surface area (Å²) in [5.41, 5.74) is 2.49. The molecule has 138 valence electrons. The average Bonchev–Trinajstić information content (AvgIpc) is 2.68. The van der Waals surface area contributed by atoms with Gasteiger partial charge in [-0.1, -0.05) is 60.7 Å². The molecule has 0 saturated carbocycles. The zero-order valence-corrected chi connectivity index (χ0v) is 15.4. The first-order valence-corrected chi connectivity index (χ1v) is 9.14. The molecular formula is C21H28N4O. The predicted molar refractivity (Wildman–Crippen MR) is 107 cm³/mol. The van der Waals surface area contributed by atoms with Gasteiger partial charge in [-0.05, 0) is 30.9 Å². The van der Waals surface area contributed by atoms with Crippen molar-refractivity contribution in [3.8, 4) is 0 Å². The first-order valence-electron chi connectivity index (χ1n) is 9.14. The minimum atomic E-state index is -0.0683. The lowest BCUT2D eigenvalue weighted by molar-refractivity contribution is -0.119. The molecule has 1 amide bonds. The molecule has 0 radical (unpaired) electrons. The number of rotatable bonds is 9. The van der Waals surface area contributed by atoms with Crippen LogP contribution in [-0.2, 0) is 17.6 Å². The second kappa shape index (κ2) is 11.7. The minimum absolute atomic E-state index is 0.0683. The van der Waals surface area contributed by atoms with Gasteiger partial charge in [-0.2, -0.15) is 0 Å². The number of amides is 1. The van der Waals surface area contributed by atoms with E-state index in [1.807, 2.05) is 43.3 Å². The largest absolute Gasteiger partial charge is 0.357 e. The number of hydrogen-bond acceptors (Lipinski definition) is 2. The van der Waals surface area contributed by atoms with Crippen LogP contribution in [0.1, 0.15) is 18.1 Å². The Kier molecular flexibility index (Phi) is 8.77. The van der Waals surface area contributed by atoms with E-state index in [1.54, 1.807) is 0 Å². The predicted octanol–water partition coefficient (Wildman–Crippen LogP) is 2.14. The van der Waals surface area contributed by atoms with Gasteiger partial charge in [0.2, 0.25) is 5.91 Å². The maximum Gasteiger partial charge on any atom is 0.241 e. The van der Waals surface area contributed by atoms with Crippen molar-refractivity contribution in [1.82, 2.24) is 16.0 Å². The van der Waals surface area contributed by atoms with Crippen LogP contribution in [0.25, 0.3) is 0 Å². The fraction of sp³-hybridized carbons (Fsp3) is 0.333. The van der Waals surface area contributed by atoms with E-state index < -0.39 is 0 Å². The first kappa shape index (κ1) is 19.5. The van der Waals surface area contributed by atoms with Crippen molar-refractivity contribution >= 4 is 11.9 Å². The number of guanidine groups is 1. The number of benzene rings is 2. The second-order valence-electron chi connectivity index (χ2n) is 5.94. The number of hydrogen-bond donors (Lipinski definition) is 3. The molecule has 5 heteroatoms. The molecule has 0 saturated heterocycles. The molecule has 2 aromatic carbocycles. The summed E-state index contributed by atoms with van der Waals surface area (Å²) in [7, 11) is 0. The van der Waals surface area contributed by atoms with Crippen LogP contribution >= 0.6 is 0 Å². The van der Waals surface area contributed by atoms with Gasteiger partial charge in [-0.25, -0.2) is 4.99 Å². The Hall–Kier alpha value is -2.82. The Morgan fingerprint density at radius 2 is 1.35 bits per heavy atom. The highest BCUT2D eigenvalue weighted by atomic mass is 16.1. The smallest absolute Gasteiger partial charge is 0.241 e. The molecule has 0 aliphatic carbocycles. The Balaban J connectivity index is 1.70. The Morgan fingerprint density at radius 3 is 1.88 bits per heavy atom. The Morgan fingerprint density at radius 1 is 0.808 bits per heavy atom. The van der Waals surface area contributed by atoms with Crippen molar-refractivity contribution in [3.05, 3.63) is 71.8 Å². The van der Waals surface area contributed by atoms with Gasteiger partial charge in [0.25, 0.3) is 0 Å². The second-order valence-corrected chi connectivity index (χ2v) is 5.94. The molecule has 0 unspecified atom stereocenters. The summed E-state index contributed by atoms with van der Waals surface area (Å²) in [5.74, 6) is 0.600. The third-order valence-electron chi connectivity index (χ3n) is 3.85. The molecule has 0 heterocycles. The molecule has 26 heavy (non-hydrogen) atoms. The molecule has 0 fully saturated rings. The van der Waals surface area contributed by atoms with Gasteiger partial charge in [0.1, 0.15) is 6.54 Å². The molecule has 0 atom stereocenters. The zero-order valence-electron chi connectivity index (χ0n) is 15.4. The summed E-state index contributed by atoms with van der Waals surface area (Å²) < 4.78 is 0. The quantitative estimate of drug-likeness (QED) is 0.479. The maximum absolute atomic E-state index is 12.0. The van der Waals surface area contributed by atoms with Crippen molar-refractivity contribution in [3.63, 3.8) is 0 Å². The zero-order chi connectivity index (χ0) is 18.5. The Labute approximate surface area is 155 Å². The molecule has 0 aromatic heterocycles. The van der Waals surface area contributed by atoms with E-state index in [4.69, 9.17) is 0 Å². The van der Waals surface area contributed by atoms with Gasteiger partial charge < -0.3 is 16.0 Å². The van der Waals surface area contributed by atoms with Crippen LogP contribution in [0.2, 0.25) is 0 Å². The number of carbonyl (C=O) groups is 1. The van der Waals surface area contributed by atoms with Crippen molar-refractivity contribution in [2.24, 2.45) is 4.99 Å². The van der Waals surface area contributed by atoms with E-state index in [0.29, 0.717) is 12.5 Å². The molecule has 5 nitrogen and oxygen atoms in total. The molecule has 2 aromatic rings. The summed E-state index contributed by atoms with van der Waals surface area (Å²) >= 11 is 0. The van der Waals surface area contributed by atoms with E-state index in [-0.39, 0.29) is 12.5 Å². The summed E-state index contributed by atoms with van der Waals surface area (Å²) in [6, 6.07) is 20.4. The summed E-state index contributed by atoms with van der Waals surface area (Å²) in [5, 5.41) is 9.34. The third-order valence-corrected chi connectivity index (χ3v) is 3.85. The minimum Gasteiger partial charge on any atom is -0.357 e. The van der Waals surface area contributed by atoms with Gasteiger partial charge >= 0.3 is 0 Å². The van der Waals surface area contributed by atoms with Gasteiger partial charge in [-0.15, -0.1) is 0 Å². The van der Waals surface area contributed by atoms with Gasteiger partial charge in [0.05, 0.1) is 0 Å². The van der Waals surface area contributed by atoms with Crippen molar-refractivity contribution in [1.29, 1.82) is 0 Å². The normalized spacial score (nSPS) is 11.0. The lowest BCUT2D eigenvalue weighted by Gasteiger charge is -2.11. The molecular weight excluding hydrogens is 324 g/mol. The van der Waals surface area contributed by atoms with Crippen LogP contribution in [0.3, 0.4) is 0 Å². The van der Waals surface area contributed by atoms with E-state index in [2.05, 4.69) is 45.2 Å². The van der Waals surface area contributed by atoms with Crippen LogP contribution in [-0.4, -0.2) is 38.0 Å². The number of carbonyl (C=O) groups excluding carboxylic acids is 1. The highest BCUT2D eigenvalue weighted by molar-refractivity contribution is 5.84. The third kappa shape index (κ3) is 7.83. The van der Waals surface area contributed by atoms with Crippen molar-refractivity contribution in [2.75, 3.05) is 26.2 Å². The molecule has 0 bridgehead atoms. The number of aliphatic imine (C=N–C) groups is 1. The first-order chi connectivity index (χ1) is 12.8. The monoisotopic (exact) mass is 352 g/mol. The molecule has 0 aliphatic heterocycles. The highest BCUT2D eigenvalue weighted by Gasteiger charge is 2.02. The number of nitrogens with zero attached hydrogens (tertiary/aromatic N) is 1. The SMILES string of the molecule is CCNC(=NCC(=O)NCCc1ccccc1)NCCc1ccccc1. The van der Waals surface area contributed by atoms with Crippen molar-refractivity contribution < 1.29 is 4.79 Å². The lowest BCUT2D eigenvalue weighted by Crippen LogP contribution is -2.39. The fourth-order valence-corrected chi connectivity index (χ4v) is 2.51. The highest BCUT2D eigenvalue weighted by Crippen LogP contribution is 1.99. The number of nitrogens with one attached hydrogen (secondary N) is 3. The molecule has 3 N–H and O–H groups in total. The fourth-order valence-electron chi connectivity index (χ4n) is 2.51. The summed E-state index contributed by atoms with van der Waals surface area (Å²) in [6.07, 6.45) is 1.74. The summed E-state index contributed by atoms with van der Waals surface area (Å²) in [4.78, 5) is 16.3. The topological polar surface area (TPSA) is 65.5 Å². The van der Waals surface area contributed by atoms with E-state index in [0.717, 1.165) is 25.9 Å². The molecule has 0 aliphatic rings. The lowest BCUT2D eigenvalue weighted by atomic mass is 10.1. The van der Waals surface area contributed by atoms with Crippen molar-refractivity contribution in [2.45, 2.75) is 19.8 Å². The van der Waals surface area contributed by atoms with Crippen LogP contribution in [0, 0.1) is 0 Å². The van der Waals surface area contributed by atoms with Crippen LogP contribution < -0.4 is 16.0 Å². The van der Waals surface area contributed by atoms with Gasteiger partial charge in [0.15, 0.2) is 5.96 Å². The van der Waals surface area contributed by atoms with E-state index in [9.17, 15) is 4.79 Å². The van der Waals surface area contributed by atoms with E-state index >= 15 is 0 Å². The van der Waals surface area contributed by atoms with Crippen LogP contribution in [0.15, 0.2) is 65.7 Å². The summed E-state index contributed by atoms with van der Waals surface area (Å²) in [6.45, 7) is 4.28. The standard InChI is InChI=1S/C21H28N4O/c1-2-22-21(24-16-14-19-11-7-4-8-12-19)25-17-20(26)23-15-13-18-9-5-3-6-10-18/h3-12H,2,13-17H2,1H3,(H,23,26)(H2,22,24,25). The molecule has 0 spiro atoms. The van der Waals surface area contributed by atoms with Gasteiger partial charge in [0, 0.05) is 19.6 Å². The Bertz CT molecular complexity index is 671. The van der Waals surface area contributed by atoms with Gasteiger partial charge in [-0.3, -0.25) is 4.79 Å². The van der Waals surface area contributed by atoms with Crippen LogP contribution in [0.5, 0.6) is 0 Å². The average molecular weight is 352 g/mol.